The largest absolute Gasteiger partial charge is 0.497 e. The van der Waals surface area contributed by atoms with Crippen molar-refractivity contribution in [1.82, 2.24) is 5.32 Å². The Labute approximate surface area is 187 Å². The first-order chi connectivity index (χ1) is 15.1. The SMILES string of the molecule is CCOc1ccc(CN[C@@H]2CC[C@H]3[C@@H]4CCc5cc(OC)ccc5[C@H]4CC[C@]23C)cc1. The predicted octanol–water partition coefficient (Wildman–Crippen LogP) is 6.11. The fourth-order valence-corrected chi connectivity index (χ4v) is 7.13. The van der Waals surface area contributed by atoms with Crippen LogP contribution >= 0.6 is 0 Å². The number of aryl methyl sites for hydroxylation is 1. The zero-order chi connectivity index (χ0) is 21.4. The molecule has 31 heavy (non-hydrogen) atoms. The van der Waals surface area contributed by atoms with Crippen LogP contribution in [0, 0.1) is 17.3 Å². The summed E-state index contributed by atoms with van der Waals surface area (Å²) in [6.07, 6.45) is 7.92. The first kappa shape index (κ1) is 20.9. The molecule has 3 aliphatic carbocycles. The van der Waals surface area contributed by atoms with E-state index in [1.165, 1.54) is 49.7 Å². The molecule has 3 aliphatic rings. The van der Waals surface area contributed by atoms with Crippen molar-refractivity contribution in [1.29, 1.82) is 0 Å². The van der Waals surface area contributed by atoms with Crippen LogP contribution in [0.3, 0.4) is 0 Å². The van der Waals surface area contributed by atoms with Crippen LogP contribution in [0.2, 0.25) is 0 Å². The van der Waals surface area contributed by atoms with E-state index in [0.29, 0.717) is 11.5 Å². The highest BCUT2D eigenvalue weighted by Gasteiger charge is 2.54. The van der Waals surface area contributed by atoms with Crippen LogP contribution in [0.15, 0.2) is 42.5 Å². The fraction of sp³-hybridized carbons (Fsp3) is 0.571. The summed E-state index contributed by atoms with van der Waals surface area (Å²) < 4.78 is 11.1. The summed E-state index contributed by atoms with van der Waals surface area (Å²) in [5.74, 6) is 4.42. The molecule has 0 saturated heterocycles. The zero-order valence-electron chi connectivity index (χ0n) is 19.3. The minimum absolute atomic E-state index is 0.427. The van der Waals surface area contributed by atoms with Gasteiger partial charge in [0.1, 0.15) is 11.5 Å². The third-order valence-electron chi connectivity index (χ3n) is 8.72. The van der Waals surface area contributed by atoms with E-state index in [2.05, 4.69) is 54.7 Å². The number of fused-ring (bicyclic) bond motifs is 5. The highest BCUT2D eigenvalue weighted by molar-refractivity contribution is 5.40. The molecule has 0 heterocycles. The van der Waals surface area contributed by atoms with Crippen LogP contribution in [0.4, 0.5) is 0 Å². The number of rotatable bonds is 6. The van der Waals surface area contributed by atoms with Gasteiger partial charge < -0.3 is 14.8 Å². The van der Waals surface area contributed by atoms with Crippen LogP contribution in [-0.4, -0.2) is 19.8 Å². The zero-order valence-corrected chi connectivity index (χ0v) is 19.3. The second-order valence-electron chi connectivity index (χ2n) is 10.1. The van der Waals surface area contributed by atoms with Gasteiger partial charge in [0.15, 0.2) is 0 Å². The summed E-state index contributed by atoms with van der Waals surface area (Å²) in [4.78, 5) is 0. The molecule has 0 bridgehead atoms. The van der Waals surface area contributed by atoms with Crippen molar-refractivity contribution in [2.45, 2.75) is 70.9 Å². The Balaban J connectivity index is 1.27. The summed E-state index contributed by atoms with van der Waals surface area (Å²) in [6.45, 7) is 6.29. The van der Waals surface area contributed by atoms with Gasteiger partial charge in [0.25, 0.3) is 0 Å². The van der Waals surface area contributed by atoms with Crippen LogP contribution in [-0.2, 0) is 13.0 Å². The minimum Gasteiger partial charge on any atom is -0.497 e. The maximum absolute atomic E-state index is 5.59. The molecule has 166 valence electrons. The summed E-state index contributed by atoms with van der Waals surface area (Å²) in [7, 11) is 1.78. The third-order valence-corrected chi connectivity index (χ3v) is 8.72. The molecule has 2 saturated carbocycles. The molecule has 2 aromatic rings. The van der Waals surface area contributed by atoms with Crippen molar-refractivity contribution in [2.24, 2.45) is 17.3 Å². The van der Waals surface area contributed by atoms with Gasteiger partial charge in [0.2, 0.25) is 0 Å². The van der Waals surface area contributed by atoms with Crippen molar-refractivity contribution in [3.63, 3.8) is 0 Å². The summed E-state index contributed by atoms with van der Waals surface area (Å²) in [5, 5.41) is 3.96. The van der Waals surface area contributed by atoms with E-state index < -0.39 is 0 Å². The number of benzene rings is 2. The number of hydrogen-bond donors (Lipinski definition) is 1. The molecule has 3 heteroatoms. The lowest BCUT2D eigenvalue weighted by molar-refractivity contribution is 0.0408. The standard InChI is InChI=1S/C28H37NO2/c1-4-31-21-8-5-19(6-9-21)18-29-27-14-13-26-25-11-7-20-17-22(30-3)10-12-23(20)24(25)15-16-28(26,27)2/h5-6,8-10,12,17,24-27,29H,4,7,11,13-16,18H2,1-3H3/t24-,25-,26+,27-,28+/m1/s1. The van der Waals surface area contributed by atoms with E-state index in [4.69, 9.17) is 9.47 Å². The van der Waals surface area contributed by atoms with Gasteiger partial charge in [-0.05, 0) is 110 Å². The van der Waals surface area contributed by atoms with E-state index in [-0.39, 0.29) is 0 Å². The molecule has 3 nitrogen and oxygen atoms in total. The summed E-state index contributed by atoms with van der Waals surface area (Å²) in [5.41, 5.74) is 4.93. The Morgan fingerprint density at radius 1 is 1.00 bits per heavy atom. The Bertz CT molecular complexity index is 908. The van der Waals surface area contributed by atoms with Crippen LogP contribution in [0.1, 0.15) is 68.6 Å². The molecule has 0 spiro atoms. The summed E-state index contributed by atoms with van der Waals surface area (Å²) >= 11 is 0. The van der Waals surface area contributed by atoms with Gasteiger partial charge >= 0.3 is 0 Å². The quantitative estimate of drug-likeness (QED) is 0.613. The molecule has 2 aromatic carbocycles. The second-order valence-corrected chi connectivity index (χ2v) is 10.1. The molecule has 0 aromatic heterocycles. The van der Waals surface area contributed by atoms with Gasteiger partial charge in [-0.1, -0.05) is 25.1 Å². The van der Waals surface area contributed by atoms with E-state index >= 15 is 0 Å². The van der Waals surface area contributed by atoms with Gasteiger partial charge in [0, 0.05) is 12.6 Å². The lowest BCUT2D eigenvalue weighted by Crippen LogP contribution is -2.48. The molecule has 5 rings (SSSR count). The Morgan fingerprint density at radius 3 is 2.58 bits per heavy atom. The molecule has 0 amide bonds. The monoisotopic (exact) mass is 419 g/mol. The third kappa shape index (κ3) is 3.75. The van der Waals surface area contributed by atoms with E-state index in [1.807, 2.05) is 6.92 Å². The first-order valence-electron chi connectivity index (χ1n) is 12.2. The maximum Gasteiger partial charge on any atom is 0.119 e. The van der Waals surface area contributed by atoms with Gasteiger partial charge in [-0.2, -0.15) is 0 Å². The smallest absolute Gasteiger partial charge is 0.119 e. The lowest BCUT2D eigenvalue weighted by Gasteiger charge is -2.51. The molecular weight excluding hydrogens is 382 g/mol. The lowest BCUT2D eigenvalue weighted by atomic mass is 9.55. The van der Waals surface area contributed by atoms with Gasteiger partial charge in [-0.3, -0.25) is 0 Å². The van der Waals surface area contributed by atoms with Crippen LogP contribution < -0.4 is 14.8 Å². The molecule has 1 N–H and O–H groups in total. The summed E-state index contributed by atoms with van der Waals surface area (Å²) in [6, 6.07) is 16.1. The fourth-order valence-electron chi connectivity index (χ4n) is 7.13. The number of nitrogens with one attached hydrogen (secondary N) is 1. The van der Waals surface area contributed by atoms with Crippen molar-refractivity contribution < 1.29 is 9.47 Å². The van der Waals surface area contributed by atoms with Crippen molar-refractivity contribution in [3.8, 4) is 11.5 Å². The first-order valence-corrected chi connectivity index (χ1v) is 12.2. The maximum atomic E-state index is 5.59. The molecule has 2 fully saturated rings. The molecule has 0 radical (unpaired) electrons. The minimum atomic E-state index is 0.427. The van der Waals surface area contributed by atoms with E-state index in [1.54, 1.807) is 12.7 Å². The van der Waals surface area contributed by atoms with Gasteiger partial charge in [-0.15, -0.1) is 0 Å². The number of hydrogen-bond acceptors (Lipinski definition) is 3. The molecular formula is C28H37NO2. The molecule has 0 unspecified atom stereocenters. The van der Waals surface area contributed by atoms with Crippen LogP contribution in [0.25, 0.3) is 0 Å². The Hall–Kier alpha value is -2.00. The van der Waals surface area contributed by atoms with Crippen molar-refractivity contribution >= 4 is 0 Å². The number of methoxy groups -OCH3 is 1. The van der Waals surface area contributed by atoms with E-state index in [9.17, 15) is 0 Å². The Kier molecular flexibility index (Phi) is 5.73. The molecule has 5 atom stereocenters. The van der Waals surface area contributed by atoms with E-state index in [0.717, 1.165) is 42.4 Å². The number of ether oxygens (including phenoxy) is 2. The Morgan fingerprint density at radius 2 is 1.81 bits per heavy atom. The van der Waals surface area contributed by atoms with Gasteiger partial charge in [-0.25, -0.2) is 0 Å². The second kappa shape index (κ2) is 8.50. The normalized spacial score (nSPS) is 31.5. The van der Waals surface area contributed by atoms with Crippen molar-refractivity contribution in [3.05, 3.63) is 59.2 Å². The highest BCUT2D eigenvalue weighted by atomic mass is 16.5. The predicted molar refractivity (Wildman–Crippen MR) is 126 cm³/mol. The average molecular weight is 420 g/mol. The van der Waals surface area contributed by atoms with Crippen LogP contribution in [0.5, 0.6) is 11.5 Å². The average Bonchev–Trinajstić information content (AvgIpc) is 3.14. The highest BCUT2D eigenvalue weighted by Crippen LogP contribution is 2.61. The topological polar surface area (TPSA) is 30.5 Å². The van der Waals surface area contributed by atoms with Gasteiger partial charge in [0.05, 0.1) is 13.7 Å². The molecule has 0 aliphatic heterocycles. The van der Waals surface area contributed by atoms with Crippen molar-refractivity contribution in [2.75, 3.05) is 13.7 Å².